The highest BCUT2D eigenvalue weighted by Gasteiger charge is 2.16. The molecule has 8 nitrogen and oxygen atoms in total. The lowest BCUT2D eigenvalue weighted by molar-refractivity contribution is -0.779. The number of benzene rings is 1. The smallest absolute Gasteiger partial charge is 0.320 e. The van der Waals surface area contributed by atoms with Crippen LogP contribution in [0.25, 0.3) is 21.5 Å². The molecule has 0 unspecified atom stereocenters. The maximum atomic E-state index is 12.7. The summed E-state index contributed by atoms with van der Waals surface area (Å²) >= 11 is 1.20. The summed E-state index contributed by atoms with van der Waals surface area (Å²) in [5.41, 5.74) is 8.16. The molecular formula is C20H19N5O3S. The lowest BCUT2D eigenvalue weighted by atomic mass is 10.1. The fourth-order valence-corrected chi connectivity index (χ4v) is 3.83. The van der Waals surface area contributed by atoms with Crippen LogP contribution in [0.5, 0.6) is 5.75 Å². The van der Waals surface area contributed by atoms with Crippen LogP contribution < -0.4 is 20.3 Å². The Kier molecular flexibility index (Phi) is 4.89. The van der Waals surface area contributed by atoms with Crippen LogP contribution in [0.1, 0.15) is 24.8 Å². The minimum Gasteiger partial charge on any atom is -0.857 e. The minimum absolute atomic E-state index is 0.102. The zero-order chi connectivity index (χ0) is 20.5. The molecule has 0 radical (unpaired) electrons. The fraction of sp³-hybridized carbons (Fsp3) is 0.200. The molecule has 0 saturated heterocycles. The van der Waals surface area contributed by atoms with Crippen molar-refractivity contribution in [3.63, 3.8) is 0 Å². The number of aliphatic imine (C=N–C) groups is 1. The Balaban J connectivity index is 1.74. The van der Waals surface area contributed by atoms with Crippen molar-refractivity contribution in [1.82, 2.24) is 10.3 Å². The Hall–Kier alpha value is -3.46. The van der Waals surface area contributed by atoms with Crippen LogP contribution in [-0.4, -0.2) is 23.3 Å². The molecule has 0 spiro atoms. The van der Waals surface area contributed by atoms with Crippen molar-refractivity contribution in [1.29, 1.82) is 0 Å². The van der Waals surface area contributed by atoms with Gasteiger partial charge in [0.1, 0.15) is 10.6 Å². The lowest BCUT2D eigenvalue weighted by Crippen LogP contribution is -2.36. The first-order chi connectivity index (χ1) is 14.0. The molecule has 0 aliphatic rings. The van der Waals surface area contributed by atoms with Crippen LogP contribution in [0.2, 0.25) is 0 Å². The van der Waals surface area contributed by atoms with Crippen molar-refractivity contribution in [2.75, 3.05) is 12.8 Å². The average Bonchev–Trinajstić information content (AvgIpc) is 3.32. The highest BCUT2D eigenvalue weighted by molar-refractivity contribution is 7.21. The van der Waals surface area contributed by atoms with E-state index in [2.05, 4.69) is 15.2 Å². The number of hydrogen-bond donors (Lipinski definition) is 1. The number of nitrogens with zero attached hydrogens (tertiary/aromatic N) is 4. The van der Waals surface area contributed by atoms with Gasteiger partial charge in [-0.25, -0.2) is 9.98 Å². The maximum absolute atomic E-state index is 12.7. The SMILES string of the molecule is COc1ccccc1-c1ccc2c(N)c(/C([O-])=N/c3c[n+](C(C)C)no3)sc2n1. The van der Waals surface area contributed by atoms with E-state index in [1.165, 1.54) is 11.3 Å². The van der Waals surface area contributed by atoms with Gasteiger partial charge in [0.2, 0.25) is 5.27 Å². The molecule has 0 fully saturated rings. The summed E-state index contributed by atoms with van der Waals surface area (Å²) in [5, 5.41) is 17.2. The molecule has 29 heavy (non-hydrogen) atoms. The Morgan fingerprint density at radius 2 is 2.07 bits per heavy atom. The van der Waals surface area contributed by atoms with E-state index in [-0.39, 0.29) is 11.9 Å². The third kappa shape index (κ3) is 3.52. The molecule has 0 aliphatic carbocycles. The van der Waals surface area contributed by atoms with Gasteiger partial charge >= 0.3 is 5.88 Å². The van der Waals surface area contributed by atoms with Gasteiger partial charge in [-0.2, -0.15) is 0 Å². The molecule has 3 heterocycles. The summed E-state index contributed by atoms with van der Waals surface area (Å²) in [6.45, 7) is 3.90. The normalized spacial score (nSPS) is 12.1. The van der Waals surface area contributed by atoms with Crippen molar-refractivity contribution in [2.24, 2.45) is 4.99 Å². The van der Waals surface area contributed by atoms with E-state index in [0.717, 1.165) is 17.0 Å². The summed E-state index contributed by atoms with van der Waals surface area (Å²) in [6, 6.07) is 11.4. The zero-order valence-corrected chi connectivity index (χ0v) is 16.9. The van der Waals surface area contributed by atoms with Gasteiger partial charge in [-0.15, -0.1) is 11.3 Å². The topological polar surface area (TPSA) is 113 Å². The Morgan fingerprint density at radius 3 is 2.79 bits per heavy atom. The molecule has 0 atom stereocenters. The van der Waals surface area contributed by atoms with E-state index >= 15 is 0 Å². The zero-order valence-electron chi connectivity index (χ0n) is 16.1. The summed E-state index contributed by atoms with van der Waals surface area (Å²) < 4.78 is 12.1. The average molecular weight is 409 g/mol. The van der Waals surface area contributed by atoms with Gasteiger partial charge < -0.3 is 15.6 Å². The van der Waals surface area contributed by atoms with E-state index in [0.29, 0.717) is 20.8 Å². The second-order valence-electron chi connectivity index (χ2n) is 6.63. The second kappa shape index (κ2) is 7.51. The summed E-state index contributed by atoms with van der Waals surface area (Å²) in [7, 11) is 1.62. The van der Waals surface area contributed by atoms with Crippen molar-refractivity contribution in [2.45, 2.75) is 19.9 Å². The molecule has 0 bridgehead atoms. The second-order valence-corrected chi connectivity index (χ2v) is 7.62. The third-order valence-electron chi connectivity index (χ3n) is 4.38. The van der Waals surface area contributed by atoms with Crippen LogP contribution in [0.3, 0.4) is 0 Å². The van der Waals surface area contributed by atoms with Gasteiger partial charge in [0.05, 0.1) is 23.4 Å². The molecule has 2 N–H and O–H groups in total. The van der Waals surface area contributed by atoms with E-state index in [9.17, 15) is 5.11 Å². The Bertz CT molecular complexity index is 1210. The van der Waals surface area contributed by atoms with Crippen molar-refractivity contribution < 1.29 is 19.0 Å². The summed E-state index contributed by atoms with van der Waals surface area (Å²) in [5.74, 6) is 0.360. The van der Waals surface area contributed by atoms with Gasteiger partial charge in [-0.3, -0.25) is 4.52 Å². The molecule has 0 aliphatic heterocycles. The predicted molar refractivity (Wildman–Crippen MR) is 109 cm³/mol. The first-order valence-electron chi connectivity index (χ1n) is 8.94. The number of methoxy groups -OCH3 is 1. The number of para-hydroxylation sites is 1. The van der Waals surface area contributed by atoms with Gasteiger partial charge in [0.15, 0.2) is 6.04 Å². The highest BCUT2D eigenvalue weighted by atomic mass is 32.1. The Morgan fingerprint density at radius 1 is 1.28 bits per heavy atom. The van der Waals surface area contributed by atoms with Gasteiger partial charge in [-0.05, 0) is 42.8 Å². The number of ether oxygens (including phenoxy) is 1. The van der Waals surface area contributed by atoms with E-state index in [1.54, 1.807) is 18.0 Å². The van der Waals surface area contributed by atoms with Gasteiger partial charge in [0, 0.05) is 16.8 Å². The van der Waals surface area contributed by atoms with Crippen molar-refractivity contribution in [3.8, 4) is 17.0 Å². The molecule has 3 aromatic heterocycles. The highest BCUT2D eigenvalue weighted by Crippen LogP contribution is 2.36. The standard InChI is InChI=1S/C20H19N5O3S/c1-11(2)25-10-16(28-24-25)23-19(26)18-17(21)13-8-9-14(22-20(13)29-18)12-6-4-5-7-15(12)27-3/h4-11H,1-3H3,(H2-,21,23,24,26). The van der Waals surface area contributed by atoms with E-state index in [4.69, 9.17) is 15.0 Å². The fourth-order valence-electron chi connectivity index (χ4n) is 2.86. The van der Waals surface area contributed by atoms with Crippen LogP contribution in [0.15, 0.2) is 52.1 Å². The van der Waals surface area contributed by atoms with Gasteiger partial charge in [-0.1, -0.05) is 12.1 Å². The van der Waals surface area contributed by atoms with Crippen molar-refractivity contribution in [3.05, 3.63) is 47.5 Å². The maximum Gasteiger partial charge on any atom is 0.320 e. The molecule has 4 rings (SSSR count). The van der Waals surface area contributed by atoms with Crippen LogP contribution in [0.4, 0.5) is 11.6 Å². The van der Waals surface area contributed by atoms with E-state index < -0.39 is 5.90 Å². The van der Waals surface area contributed by atoms with Crippen LogP contribution in [0, 0.1) is 0 Å². The number of aromatic nitrogens is 3. The molecule has 0 amide bonds. The minimum atomic E-state index is -0.489. The molecular weight excluding hydrogens is 390 g/mol. The van der Waals surface area contributed by atoms with E-state index in [1.807, 2.05) is 50.2 Å². The number of rotatable bonds is 5. The number of anilines is 1. The number of nitrogens with two attached hydrogens (primary N) is 1. The first-order valence-corrected chi connectivity index (χ1v) is 9.76. The number of thiophene rings is 1. The molecule has 1 aromatic carbocycles. The lowest BCUT2D eigenvalue weighted by Gasteiger charge is -2.07. The number of fused-ring (bicyclic) bond motifs is 1. The van der Waals surface area contributed by atoms with Crippen LogP contribution >= 0.6 is 11.3 Å². The summed E-state index contributed by atoms with van der Waals surface area (Å²) in [4.78, 5) is 9.64. The summed E-state index contributed by atoms with van der Waals surface area (Å²) in [6.07, 6.45) is 1.57. The monoisotopic (exact) mass is 409 g/mol. The Labute approximate surface area is 170 Å². The van der Waals surface area contributed by atoms with Crippen molar-refractivity contribution >= 4 is 39.0 Å². The molecule has 9 heteroatoms. The number of pyridine rings is 1. The molecule has 0 saturated carbocycles. The quantitative estimate of drug-likeness (QED) is 0.308. The molecule has 4 aromatic rings. The first kappa shape index (κ1) is 18.9. The number of nitrogen functional groups attached to an aromatic ring is 1. The number of hydrogen-bond acceptors (Lipinski definition) is 8. The third-order valence-corrected chi connectivity index (χ3v) is 5.49. The molecule has 148 valence electrons. The largest absolute Gasteiger partial charge is 0.857 e. The predicted octanol–water partition coefficient (Wildman–Crippen LogP) is 2.85. The van der Waals surface area contributed by atoms with Gasteiger partial charge in [0.25, 0.3) is 6.20 Å². The van der Waals surface area contributed by atoms with Crippen LogP contribution in [-0.2, 0) is 0 Å².